The molecule has 2 saturated heterocycles. The van der Waals surface area contributed by atoms with Gasteiger partial charge in [-0.1, -0.05) is 26.8 Å². The van der Waals surface area contributed by atoms with Crippen LogP contribution in [0.1, 0.15) is 55.2 Å². The van der Waals surface area contributed by atoms with Crippen LogP contribution in [0.5, 0.6) is 0 Å². The first-order chi connectivity index (χ1) is 24.0. The number of carbonyl (C=O) groups excluding carboxylic acids is 1. The standard InChI is InChI=1S/C37H46FN7O4SSi/c1-24-7-8-25(15-33(24)50(47,48)45-21-29(22-45)49-51(5,6)36(2,3)4)35(46)40-20-28-18-31-26(19-39-28)9-10-30(42-31)32-16-27(38)17-34(43-32)44-14-13-41-37(23-44)11-12-37/h7-10,15-19,29,41H,11-14,20-23H2,1-6H3,(H,40,46). The van der Waals surface area contributed by atoms with Crippen LogP contribution in [0.2, 0.25) is 18.1 Å². The molecule has 1 aromatic carbocycles. The van der Waals surface area contributed by atoms with Crippen molar-refractivity contribution in [1.82, 2.24) is 29.9 Å². The SMILES string of the molecule is Cc1ccc(C(=O)NCc2cc3nc(-c4cc(F)cc(N5CCNC6(CC6)C5)n4)ccc3cn2)cc1S(=O)(=O)N1CC(O[Si](C)(C)C(C)(C)C)C1. The maximum Gasteiger partial charge on any atom is 0.251 e. The molecule has 0 atom stereocenters. The number of piperazine rings is 1. The largest absolute Gasteiger partial charge is 0.411 e. The summed E-state index contributed by atoms with van der Waals surface area (Å²) in [6.07, 6.45) is 3.79. The molecule has 1 saturated carbocycles. The summed E-state index contributed by atoms with van der Waals surface area (Å²) in [5.41, 5.74) is 3.12. The van der Waals surface area contributed by atoms with E-state index in [4.69, 9.17) is 14.4 Å². The monoisotopic (exact) mass is 731 g/mol. The Bertz CT molecular complexity index is 2110. The van der Waals surface area contributed by atoms with E-state index in [0.29, 0.717) is 47.1 Å². The molecule has 0 radical (unpaired) electrons. The molecule has 0 bridgehead atoms. The highest BCUT2D eigenvalue weighted by atomic mass is 32.2. The van der Waals surface area contributed by atoms with E-state index in [-0.39, 0.29) is 39.5 Å². The number of benzene rings is 1. The van der Waals surface area contributed by atoms with Gasteiger partial charge in [-0.25, -0.2) is 22.8 Å². The number of hydrogen-bond donors (Lipinski definition) is 2. The summed E-state index contributed by atoms with van der Waals surface area (Å²) in [5.74, 6) is -0.181. The Morgan fingerprint density at radius 1 is 1.08 bits per heavy atom. The molecule has 270 valence electrons. The lowest BCUT2D eigenvalue weighted by atomic mass is 10.1. The van der Waals surface area contributed by atoms with Gasteiger partial charge in [-0.05, 0) is 73.8 Å². The first kappa shape index (κ1) is 35.6. The lowest BCUT2D eigenvalue weighted by Crippen LogP contribution is -2.59. The second-order valence-corrected chi connectivity index (χ2v) is 22.4. The quantitative estimate of drug-likeness (QED) is 0.217. The molecule has 7 rings (SSSR count). The fourth-order valence-corrected chi connectivity index (χ4v) is 9.50. The van der Waals surface area contributed by atoms with Crippen LogP contribution in [0.3, 0.4) is 0 Å². The molecule has 4 aromatic rings. The Morgan fingerprint density at radius 3 is 2.57 bits per heavy atom. The normalized spacial score (nSPS) is 18.2. The summed E-state index contributed by atoms with van der Waals surface area (Å²) in [4.78, 5) is 29.6. The van der Waals surface area contributed by atoms with E-state index in [9.17, 15) is 17.6 Å². The number of fused-ring (bicyclic) bond motifs is 1. The summed E-state index contributed by atoms with van der Waals surface area (Å²) < 4.78 is 49.9. The Morgan fingerprint density at radius 2 is 1.84 bits per heavy atom. The van der Waals surface area contributed by atoms with Crippen molar-refractivity contribution in [3.8, 4) is 11.4 Å². The number of aryl methyl sites for hydroxylation is 1. The molecular weight excluding hydrogens is 686 g/mol. The molecule has 2 N–H and O–H groups in total. The van der Waals surface area contributed by atoms with Gasteiger partial charge in [-0.2, -0.15) is 4.31 Å². The maximum absolute atomic E-state index is 14.8. The zero-order valence-corrected chi connectivity index (χ0v) is 31.9. The number of sulfonamides is 1. The summed E-state index contributed by atoms with van der Waals surface area (Å²) >= 11 is 0. The fraction of sp³-hybridized carbons (Fsp3) is 0.459. The number of anilines is 1. The average molecular weight is 732 g/mol. The topological polar surface area (TPSA) is 130 Å². The van der Waals surface area contributed by atoms with Gasteiger partial charge >= 0.3 is 0 Å². The highest BCUT2D eigenvalue weighted by Gasteiger charge is 2.46. The van der Waals surface area contributed by atoms with Gasteiger partial charge in [-0.3, -0.25) is 9.78 Å². The van der Waals surface area contributed by atoms with Crippen molar-refractivity contribution in [3.05, 3.63) is 77.4 Å². The van der Waals surface area contributed by atoms with Crippen molar-refractivity contribution < 1.29 is 22.0 Å². The molecule has 1 spiro atoms. The smallest absolute Gasteiger partial charge is 0.251 e. The molecule has 3 aromatic heterocycles. The lowest BCUT2D eigenvalue weighted by Gasteiger charge is -2.45. The van der Waals surface area contributed by atoms with E-state index >= 15 is 0 Å². The maximum atomic E-state index is 14.8. The average Bonchev–Trinajstić information content (AvgIpc) is 3.81. The molecule has 11 nitrogen and oxygen atoms in total. The van der Waals surface area contributed by atoms with Crippen LogP contribution in [0, 0.1) is 12.7 Å². The molecule has 3 fully saturated rings. The minimum Gasteiger partial charge on any atom is -0.411 e. The van der Waals surface area contributed by atoms with Crippen LogP contribution < -0.4 is 15.5 Å². The third-order valence-corrected chi connectivity index (χ3v) is 17.3. The molecule has 51 heavy (non-hydrogen) atoms. The number of amides is 1. The summed E-state index contributed by atoms with van der Waals surface area (Å²) in [6.45, 7) is 15.6. The van der Waals surface area contributed by atoms with Crippen molar-refractivity contribution in [2.75, 3.05) is 37.6 Å². The Balaban J connectivity index is 1.03. The summed E-state index contributed by atoms with van der Waals surface area (Å²) in [6, 6.07) is 13.1. The number of pyridine rings is 3. The van der Waals surface area contributed by atoms with Gasteiger partial charge in [0.1, 0.15) is 11.6 Å². The van der Waals surface area contributed by atoms with Gasteiger partial charge in [0.15, 0.2) is 8.32 Å². The van der Waals surface area contributed by atoms with Crippen molar-refractivity contribution >= 4 is 41.0 Å². The zero-order valence-electron chi connectivity index (χ0n) is 30.1. The minimum atomic E-state index is -3.81. The Kier molecular flexibility index (Phi) is 9.06. The molecule has 1 aliphatic carbocycles. The first-order valence-corrected chi connectivity index (χ1v) is 21.9. The zero-order chi connectivity index (χ0) is 36.3. The van der Waals surface area contributed by atoms with Crippen molar-refractivity contribution in [3.63, 3.8) is 0 Å². The molecule has 2 aliphatic heterocycles. The fourth-order valence-electron chi connectivity index (χ4n) is 6.41. The van der Waals surface area contributed by atoms with E-state index in [1.165, 1.54) is 22.5 Å². The number of aromatic nitrogens is 3. The highest BCUT2D eigenvalue weighted by Crippen LogP contribution is 2.40. The Labute approximate surface area is 300 Å². The van der Waals surface area contributed by atoms with Gasteiger partial charge in [0, 0.05) is 67.5 Å². The molecule has 0 unspecified atom stereocenters. The van der Waals surface area contributed by atoms with Crippen LogP contribution in [-0.4, -0.2) is 86.3 Å². The molecular formula is C37H46FN7O4SSi. The number of carbonyl (C=O) groups is 1. The van der Waals surface area contributed by atoms with Crippen molar-refractivity contribution in [1.29, 1.82) is 0 Å². The Hall–Kier alpha value is -3.82. The van der Waals surface area contributed by atoms with Gasteiger partial charge in [0.05, 0.1) is 40.1 Å². The molecule has 14 heteroatoms. The van der Waals surface area contributed by atoms with E-state index < -0.39 is 24.2 Å². The molecule has 5 heterocycles. The summed E-state index contributed by atoms with van der Waals surface area (Å²) in [5, 5.41) is 7.26. The van der Waals surface area contributed by atoms with Crippen LogP contribution >= 0.6 is 0 Å². The van der Waals surface area contributed by atoms with E-state index in [2.05, 4.69) is 54.4 Å². The van der Waals surface area contributed by atoms with Crippen LogP contribution in [0.25, 0.3) is 22.3 Å². The highest BCUT2D eigenvalue weighted by molar-refractivity contribution is 7.89. The third kappa shape index (κ3) is 7.29. The minimum absolute atomic E-state index is 0.0295. The molecule has 1 amide bonds. The van der Waals surface area contributed by atoms with E-state index in [1.807, 2.05) is 12.1 Å². The number of nitrogens with one attached hydrogen (secondary N) is 2. The van der Waals surface area contributed by atoms with Gasteiger partial charge in [-0.15, -0.1) is 0 Å². The number of rotatable bonds is 9. The predicted octanol–water partition coefficient (Wildman–Crippen LogP) is 5.41. The predicted molar refractivity (Wildman–Crippen MR) is 198 cm³/mol. The van der Waals surface area contributed by atoms with E-state index in [1.54, 1.807) is 31.3 Å². The number of hydrogen-bond acceptors (Lipinski definition) is 9. The van der Waals surface area contributed by atoms with Crippen molar-refractivity contribution in [2.24, 2.45) is 0 Å². The lowest BCUT2D eigenvalue weighted by molar-refractivity contribution is 0.0638. The van der Waals surface area contributed by atoms with Gasteiger partial charge < -0.3 is 20.0 Å². The van der Waals surface area contributed by atoms with Gasteiger partial charge in [0.25, 0.3) is 5.91 Å². The number of halogens is 1. The van der Waals surface area contributed by atoms with Gasteiger partial charge in [0.2, 0.25) is 10.0 Å². The van der Waals surface area contributed by atoms with Crippen LogP contribution in [0.4, 0.5) is 10.2 Å². The van der Waals surface area contributed by atoms with Crippen LogP contribution in [0.15, 0.2) is 59.6 Å². The third-order valence-electron chi connectivity index (χ3n) is 10.8. The summed E-state index contributed by atoms with van der Waals surface area (Å²) in [7, 11) is -5.84. The second kappa shape index (κ2) is 13.0. The first-order valence-electron chi connectivity index (χ1n) is 17.5. The van der Waals surface area contributed by atoms with Crippen LogP contribution in [-0.2, 0) is 21.0 Å². The van der Waals surface area contributed by atoms with Crippen molar-refractivity contribution in [2.45, 2.75) is 81.8 Å². The van der Waals surface area contributed by atoms with E-state index in [0.717, 1.165) is 37.9 Å². The second-order valence-electron chi connectivity index (χ2n) is 15.7. The number of nitrogens with zero attached hydrogens (tertiary/aromatic N) is 5. The molecule has 3 aliphatic rings.